The maximum Gasteiger partial charge on any atom is 0.405 e. The molecule has 7 heteroatoms. The molecule has 19 heavy (non-hydrogen) atoms. The second-order valence-corrected chi connectivity index (χ2v) is 6.86. The standard InChI is InChI=1S/C12H18N2O4S/c1-12(2,3)10(18-11(13)15)8-4-6-9(7-5-8)19(14,16)17/h4-7,10H,1-3H3,(H2,13,15)(H2,14,16,17). The number of primary amides is 1. The maximum absolute atomic E-state index is 11.2. The minimum atomic E-state index is -3.74. The second-order valence-electron chi connectivity index (χ2n) is 5.30. The average molecular weight is 286 g/mol. The molecule has 0 heterocycles. The summed E-state index contributed by atoms with van der Waals surface area (Å²) in [5, 5.41) is 5.02. The zero-order valence-corrected chi connectivity index (χ0v) is 11.9. The summed E-state index contributed by atoms with van der Waals surface area (Å²) in [5.74, 6) is 0. The van der Waals surface area contributed by atoms with Crippen LogP contribution in [-0.4, -0.2) is 14.5 Å². The summed E-state index contributed by atoms with van der Waals surface area (Å²) in [6, 6.07) is 5.85. The van der Waals surface area contributed by atoms with Crippen LogP contribution in [0.3, 0.4) is 0 Å². The third-order valence-electron chi connectivity index (χ3n) is 2.53. The first kappa shape index (κ1) is 15.5. The Labute approximate surface area is 112 Å². The van der Waals surface area contributed by atoms with E-state index in [0.29, 0.717) is 5.56 Å². The van der Waals surface area contributed by atoms with Gasteiger partial charge in [0.25, 0.3) is 0 Å². The molecule has 0 aromatic heterocycles. The van der Waals surface area contributed by atoms with Gasteiger partial charge in [-0.25, -0.2) is 18.4 Å². The molecule has 4 N–H and O–H groups in total. The largest absolute Gasteiger partial charge is 0.441 e. The van der Waals surface area contributed by atoms with Crippen molar-refractivity contribution in [3.05, 3.63) is 29.8 Å². The van der Waals surface area contributed by atoms with Crippen molar-refractivity contribution >= 4 is 16.1 Å². The molecule has 0 spiro atoms. The highest BCUT2D eigenvalue weighted by molar-refractivity contribution is 7.89. The number of carbonyl (C=O) groups is 1. The fourth-order valence-electron chi connectivity index (χ4n) is 1.69. The molecule has 0 saturated heterocycles. The van der Waals surface area contributed by atoms with Crippen LogP contribution < -0.4 is 10.9 Å². The number of benzene rings is 1. The smallest absolute Gasteiger partial charge is 0.405 e. The van der Waals surface area contributed by atoms with Crippen LogP contribution in [0.2, 0.25) is 0 Å². The van der Waals surface area contributed by atoms with Gasteiger partial charge in [-0.2, -0.15) is 0 Å². The van der Waals surface area contributed by atoms with E-state index in [-0.39, 0.29) is 10.3 Å². The van der Waals surface area contributed by atoms with Gasteiger partial charge in [-0.15, -0.1) is 0 Å². The van der Waals surface area contributed by atoms with Crippen LogP contribution in [0.5, 0.6) is 0 Å². The van der Waals surface area contributed by atoms with Crippen molar-refractivity contribution in [1.82, 2.24) is 0 Å². The van der Waals surface area contributed by atoms with Gasteiger partial charge in [0.15, 0.2) is 0 Å². The van der Waals surface area contributed by atoms with Gasteiger partial charge in [0.05, 0.1) is 4.90 Å². The van der Waals surface area contributed by atoms with E-state index in [0.717, 1.165) is 0 Å². The first-order chi connectivity index (χ1) is 8.51. The Morgan fingerprint density at radius 3 is 2.00 bits per heavy atom. The maximum atomic E-state index is 11.2. The number of ether oxygens (including phenoxy) is 1. The number of hydrogen-bond acceptors (Lipinski definition) is 4. The van der Waals surface area contributed by atoms with Gasteiger partial charge in [-0.1, -0.05) is 32.9 Å². The van der Waals surface area contributed by atoms with Crippen molar-refractivity contribution in [1.29, 1.82) is 0 Å². The molecule has 0 aliphatic heterocycles. The SMILES string of the molecule is CC(C)(C)C(OC(N)=O)c1ccc(S(N)(=O)=O)cc1. The molecular weight excluding hydrogens is 268 g/mol. The molecule has 1 aromatic carbocycles. The normalized spacial score (nSPS) is 13.9. The number of sulfonamides is 1. The summed E-state index contributed by atoms with van der Waals surface area (Å²) in [7, 11) is -3.74. The van der Waals surface area contributed by atoms with E-state index >= 15 is 0 Å². The number of amides is 1. The first-order valence-corrected chi connectivity index (χ1v) is 7.15. The monoisotopic (exact) mass is 286 g/mol. The van der Waals surface area contributed by atoms with E-state index in [4.69, 9.17) is 15.6 Å². The molecular formula is C12H18N2O4S. The van der Waals surface area contributed by atoms with Crippen LogP contribution in [0.1, 0.15) is 32.4 Å². The highest BCUT2D eigenvalue weighted by atomic mass is 32.2. The summed E-state index contributed by atoms with van der Waals surface area (Å²) in [6.07, 6.45) is -1.45. The molecule has 1 rings (SSSR count). The number of hydrogen-bond donors (Lipinski definition) is 2. The Morgan fingerprint density at radius 2 is 1.68 bits per heavy atom. The molecule has 6 nitrogen and oxygen atoms in total. The predicted molar refractivity (Wildman–Crippen MR) is 70.7 cm³/mol. The van der Waals surface area contributed by atoms with E-state index in [1.807, 2.05) is 20.8 Å². The number of nitrogens with two attached hydrogens (primary N) is 2. The highest BCUT2D eigenvalue weighted by Crippen LogP contribution is 2.36. The first-order valence-electron chi connectivity index (χ1n) is 5.60. The Bertz CT molecular complexity index is 558. The molecule has 0 fully saturated rings. The second kappa shape index (κ2) is 5.18. The Balaban J connectivity index is 3.15. The fourth-order valence-corrected chi connectivity index (χ4v) is 2.21. The van der Waals surface area contributed by atoms with Gasteiger partial charge in [-0.3, -0.25) is 0 Å². The van der Waals surface area contributed by atoms with Gasteiger partial charge in [0, 0.05) is 5.41 Å². The third kappa shape index (κ3) is 4.22. The lowest BCUT2D eigenvalue weighted by atomic mass is 9.84. The Morgan fingerprint density at radius 1 is 1.21 bits per heavy atom. The third-order valence-corrected chi connectivity index (χ3v) is 3.46. The van der Waals surface area contributed by atoms with E-state index < -0.39 is 22.2 Å². The molecule has 1 atom stereocenters. The summed E-state index contributed by atoms with van der Waals surface area (Å²) >= 11 is 0. The zero-order chi connectivity index (χ0) is 14.8. The average Bonchev–Trinajstić information content (AvgIpc) is 2.23. The lowest BCUT2D eigenvalue weighted by Crippen LogP contribution is -2.27. The van der Waals surface area contributed by atoms with Gasteiger partial charge in [0.2, 0.25) is 10.0 Å². The summed E-state index contributed by atoms with van der Waals surface area (Å²) in [6.45, 7) is 5.65. The lowest BCUT2D eigenvalue weighted by molar-refractivity contribution is 0.0359. The van der Waals surface area contributed by atoms with E-state index in [1.54, 1.807) is 12.1 Å². The van der Waals surface area contributed by atoms with Crippen molar-refractivity contribution in [3.8, 4) is 0 Å². The quantitative estimate of drug-likeness (QED) is 0.876. The topological polar surface area (TPSA) is 112 Å². The van der Waals surface area contributed by atoms with Gasteiger partial charge in [-0.05, 0) is 17.7 Å². The molecule has 0 saturated carbocycles. The molecule has 0 bridgehead atoms. The molecule has 1 unspecified atom stereocenters. The van der Waals surface area contributed by atoms with Crippen molar-refractivity contribution in [2.45, 2.75) is 31.8 Å². The van der Waals surface area contributed by atoms with Crippen LogP contribution in [-0.2, 0) is 14.8 Å². The van der Waals surface area contributed by atoms with Gasteiger partial charge >= 0.3 is 6.09 Å². The van der Waals surface area contributed by atoms with E-state index in [2.05, 4.69) is 0 Å². The molecule has 1 aromatic rings. The van der Waals surface area contributed by atoms with E-state index in [1.165, 1.54) is 12.1 Å². The Kier molecular flexibility index (Phi) is 4.21. The molecule has 0 radical (unpaired) electrons. The summed E-state index contributed by atoms with van der Waals surface area (Å²) in [5.41, 5.74) is 5.32. The molecule has 0 aliphatic rings. The van der Waals surface area contributed by atoms with E-state index in [9.17, 15) is 13.2 Å². The summed E-state index contributed by atoms with van der Waals surface area (Å²) < 4.78 is 27.4. The number of rotatable bonds is 3. The van der Waals surface area contributed by atoms with Gasteiger partial charge in [0.1, 0.15) is 6.10 Å². The Hall–Kier alpha value is -1.60. The van der Waals surface area contributed by atoms with Gasteiger partial charge < -0.3 is 10.5 Å². The minimum absolute atomic E-state index is 0.00276. The van der Waals surface area contributed by atoms with Crippen molar-refractivity contribution in [2.24, 2.45) is 16.3 Å². The van der Waals surface area contributed by atoms with Crippen LogP contribution in [0.4, 0.5) is 4.79 Å². The molecule has 106 valence electrons. The predicted octanol–water partition coefficient (Wildman–Crippen LogP) is 1.52. The lowest BCUT2D eigenvalue weighted by Gasteiger charge is -2.30. The minimum Gasteiger partial charge on any atom is -0.441 e. The zero-order valence-electron chi connectivity index (χ0n) is 11.1. The van der Waals surface area contributed by atoms with Crippen LogP contribution in [0, 0.1) is 5.41 Å². The summed E-state index contributed by atoms with van der Waals surface area (Å²) in [4.78, 5) is 10.9. The fraction of sp³-hybridized carbons (Fsp3) is 0.417. The van der Waals surface area contributed by atoms with Crippen molar-refractivity contribution < 1.29 is 17.9 Å². The van der Waals surface area contributed by atoms with Crippen LogP contribution >= 0.6 is 0 Å². The molecule has 1 amide bonds. The van der Waals surface area contributed by atoms with Crippen molar-refractivity contribution in [2.75, 3.05) is 0 Å². The van der Waals surface area contributed by atoms with Crippen LogP contribution in [0.25, 0.3) is 0 Å². The van der Waals surface area contributed by atoms with Crippen molar-refractivity contribution in [3.63, 3.8) is 0 Å². The highest BCUT2D eigenvalue weighted by Gasteiger charge is 2.29. The number of primary sulfonamides is 1. The van der Waals surface area contributed by atoms with Crippen LogP contribution in [0.15, 0.2) is 29.2 Å². The molecule has 0 aliphatic carbocycles. The number of carbonyl (C=O) groups excluding carboxylic acids is 1.